The molecule has 0 saturated carbocycles. The van der Waals surface area contributed by atoms with Crippen LogP contribution in [0.5, 0.6) is 0 Å². The first-order valence-corrected chi connectivity index (χ1v) is 11.8. The van der Waals surface area contributed by atoms with Crippen LogP contribution in [0.3, 0.4) is 0 Å². The molecule has 1 fully saturated rings. The van der Waals surface area contributed by atoms with Gasteiger partial charge in [-0.2, -0.15) is 4.98 Å². The molecule has 0 bridgehead atoms. The van der Waals surface area contributed by atoms with Crippen molar-refractivity contribution >= 4 is 29.3 Å². The molecule has 30 heavy (non-hydrogen) atoms. The average molecular weight is 432 g/mol. The average Bonchev–Trinajstić information content (AvgIpc) is 3.28. The van der Waals surface area contributed by atoms with Crippen LogP contribution in [0, 0.1) is 5.92 Å². The Labute approximate surface area is 183 Å². The maximum absolute atomic E-state index is 9.72. The van der Waals surface area contributed by atoms with E-state index in [1.807, 2.05) is 19.9 Å². The number of aromatic nitrogens is 4. The standard InChI is InChI=1S/C19H27N7OS.C2H6/c1-13(2)15(11-27)22-18-17-14(4-10-28-17)23-19(24-18)26-8-6-25(7-9-26)16-3-5-20-12-21-16;1-2/h3,5,12-13,15,27H,4,6-11H2,1-2H3,(H,22,23,24);1-2H3. The topological polar surface area (TPSA) is 90.3 Å². The van der Waals surface area contributed by atoms with Crippen molar-refractivity contribution in [2.45, 2.75) is 45.1 Å². The Morgan fingerprint density at radius 1 is 1.13 bits per heavy atom. The number of aliphatic hydroxyl groups excluding tert-OH is 1. The second-order valence-corrected chi connectivity index (χ2v) is 8.57. The summed E-state index contributed by atoms with van der Waals surface area (Å²) in [5.41, 5.74) is 1.12. The molecule has 1 atom stereocenters. The Morgan fingerprint density at radius 2 is 1.87 bits per heavy atom. The van der Waals surface area contributed by atoms with E-state index in [-0.39, 0.29) is 12.6 Å². The molecule has 2 aromatic rings. The van der Waals surface area contributed by atoms with Crippen LogP contribution in [0.25, 0.3) is 0 Å². The molecule has 2 N–H and O–H groups in total. The molecule has 0 aromatic carbocycles. The summed E-state index contributed by atoms with van der Waals surface area (Å²) in [5.74, 6) is 3.97. The summed E-state index contributed by atoms with van der Waals surface area (Å²) in [6.45, 7) is 11.8. The summed E-state index contributed by atoms with van der Waals surface area (Å²) < 4.78 is 0. The fraction of sp³-hybridized carbons (Fsp3) is 0.619. The number of thioether (sulfide) groups is 1. The van der Waals surface area contributed by atoms with Gasteiger partial charge in [-0.15, -0.1) is 11.8 Å². The number of hydrogen-bond acceptors (Lipinski definition) is 9. The van der Waals surface area contributed by atoms with Crippen molar-refractivity contribution in [1.82, 2.24) is 19.9 Å². The highest BCUT2D eigenvalue weighted by Crippen LogP contribution is 2.37. The van der Waals surface area contributed by atoms with Crippen LogP contribution in [0.1, 0.15) is 33.4 Å². The minimum atomic E-state index is -0.0114. The molecular weight excluding hydrogens is 398 g/mol. The summed E-state index contributed by atoms with van der Waals surface area (Å²) in [7, 11) is 0. The van der Waals surface area contributed by atoms with Crippen molar-refractivity contribution < 1.29 is 5.11 Å². The number of anilines is 3. The van der Waals surface area contributed by atoms with Gasteiger partial charge in [0.25, 0.3) is 0 Å². The SMILES string of the molecule is CC.CC(C)C(CO)Nc1nc(N2CCN(c3ccncn3)CC2)nc2c1SCC2. The molecule has 0 aliphatic carbocycles. The van der Waals surface area contributed by atoms with Crippen molar-refractivity contribution in [3.63, 3.8) is 0 Å². The summed E-state index contributed by atoms with van der Waals surface area (Å²) in [6.07, 6.45) is 4.34. The molecule has 4 rings (SSSR count). The Kier molecular flexibility index (Phi) is 8.09. The molecule has 164 valence electrons. The number of aryl methyl sites for hydroxylation is 1. The lowest BCUT2D eigenvalue weighted by Gasteiger charge is -2.35. The monoisotopic (exact) mass is 431 g/mol. The van der Waals surface area contributed by atoms with E-state index in [2.05, 4.69) is 38.9 Å². The third-order valence-corrected chi connectivity index (χ3v) is 6.41. The predicted octanol–water partition coefficient (Wildman–Crippen LogP) is 2.70. The van der Waals surface area contributed by atoms with Gasteiger partial charge in [0.2, 0.25) is 5.95 Å². The van der Waals surface area contributed by atoms with Crippen LogP contribution in [-0.4, -0.2) is 69.6 Å². The van der Waals surface area contributed by atoms with Crippen LogP contribution >= 0.6 is 11.8 Å². The molecule has 2 aliphatic heterocycles. The normalized spacial score (nSPS) is 16.7. The van der Waals surface area contributed by atoms with Gasteiger partial charge < -0.3 is 20.2 Å². The summed E-state index contributed by atoms with van der Waals surface area (Å²) >= 11 is 1.80. The number of rotatable bonds is 6. The van der Waals surface area contributed by atoms with E-state index in [9.17, 15) is 5.11 Å². The highest BCUT2D eigenvalue weighted by Gasteiger charge is 2.26. The Bertz CT molecular complexity index is 797. The molecule has 1 unspecified atom stereocenters. The second kappa shape index (κ2) is 10.8. The number of nitrogens with one attached hydrogen (secondary N) is 1. The lowest BCUT2D eigenvalue weighted by Crippen LogP contribution is -2.47. The quantitative estimate of drug-likeness (QED) is 0.716. The molecular formula is C21H33N7OS. The maximum atomic E-state index is 9.72. The Morgan fingerprint density at radius 3 is 2.50 bits per heavy atom. The third kappa shape index (κ3) is 5.13. The predicted molar refractivity (Wildman–Crippen MR) is 124 cm³/mol. The van der Waals surface area contributed by atoms with Gasteiger partial charge in [-0.05, 0) is 12.0 Å². The highest BCUT2D eigenvalue weighted by atomic mass is 32.2. The van der Waals surface area contributed by atoms with Gasteiger partial charge in [-0.3, -0.25) is 0 Å². The number of piperazine rings is 1. The van der Waals surface area contributed by atoms with Crippen LogP contribution in [-0.2, 0) is 6.42 Å². The van der Waals surface area contributed by atoms with Crippen LogP contribution in [0.4, 0.5) is 17.6 Å². The zero-order valence-corrected chi connectivity index (χ0v) is 19.2. The van der Waals surface area contributed by atoms with E-state index in [4.69, 9.17) is 9.97 Å². The van der Waals surface area contributed by atoms with E-state index in [0.29, 0.717) is 5.92 Å². The molecule has 0 radical (unpaired) electrons. The van der Waals surface area contributed by atoms with Gasteiger partial charge in [0.05, 0.1) is 23.2 Å². The number of hydrogen-bond donors (Lipinski definition) is 2. The molecule has 2 aromatic heterocycles. The summed E-state index contributed by atoms with van der Waals surface area (Å²) in [4.78, 5) is 23.7. The highest BCUT2D eigenvalue weighted by molar-refractivity contribution is 7.99. The molecule has 0 amide bonds. The van der Waals surface area contributed by atoms with Gasteiger partial charge in [0.15, 0.2) is 0 Å². The zero-order chi connectivity index (χ0) is 21.5. The van der Waals surface area contributed by atoms with Crippen molar-refractivity contribution in [3.05, 3.63) is 24.3 Å². The fourth-order valence-corrected chi connectivity index (χ4v) is 4.55. The van der Waals surface area contributed by atoms with Gasteiger partial charge >= 0.3 is 0 Å². The van der Waals surface area contributed by atoms with E-state index >= 15 is 0 Å². The van der Waals surface area contributed by atoms with Gasteiger partial charge in [-0.25, -0.2) is 15.0 Å². The van der Waals surface area contributed by atoms with Crippen LogP contribution in [0.2, 0.25) is 0 Å². The lowest BCUT2D eigenvalue weighted by atomic mass is 10.1. The molecule has 4 heterocycles. The maximum Gasteiger partial charge on any atom is 0.227 e. The molecule has 1 saturated heterocycles. The molecule has 9 heteroatoms. The van der Waals surface area contributed by atoms with Crippen LogP contribution < -0.4 is 15.1 Å². The molecule has 8 nitrogen and oxygen atoms in total. The van der Waals surface area contributed by atoms with Crippen LogP contribution in [0.15, 0.2) is 23.5 Å². The summed E-state index contributed by atoms with van der Waals surface area (Å²) in [6, 6.07) is 1.93. The first kappa shape index (κ1) is 22.6. The largest absolute Gasteiger partial charge is 0.394 e. The minimum absolute atomic E-state index is 0.0114. The van der Waals surface area contributed by atoms with E-state index < -0.39 is 0 Å². The number of fused-ring (bicyclic) bond motifs is 1. The van der Waals surface area contributed by atoms with Crippen molar-refractivity contribution in [3.8, 4) is 0 Å². The smallest absolute Gasteiger partial charge is 0.227 e. The zero-order valence-electron chi connectivity index (χ0n) is 18.4. The number of aliphatic hydroxyl groups is 1. The summed E-state index contributed by atoms with van der Waals surface area (Å²) in [5, 5.41) is 13.2. The minimum Gasteiger partial charge on any atom is -0.394 e. The van der Waals surface area contributed by atoms with Gasteiger partial charge in [0.1, 0.15) is 18.0 Å². The Balaban J connectivity index is 0.00000124. The molecule has 2 aliphatic rings. The van der Waals surface area contributed by atoms with Crippen molar-refractivity contribution in [1.29, 1.82) is 0 Å². The second-order valence-electron chi connectivity index (χ2n) is 7.47. The fourth-order valence-electron chi connectivity index (χ4n) is 3.50. The van der Waals surface area contributed by atoms with E-state index in [1.54, 1.807) is 24.3 Å². The molecule has 0 spiro atoms. The Hall–Kier alpha value is -2.13. The first-order valence-electron chi connectivity index (χ1n) is 10.8. The van der Waals surface area contributed by atoms with E-state index in [1.165, 1.54) is 0 Å². The number of nitrogens with zero attached hydrogens (tertiary/aromatic N) is 6. The van der Waals surface area contributed by atoms with Crippen molar-refractivity contribution in [2.75, 3.05) is 53.7 Å². The lowest BCUT2D eigenvalue weighted by molar-refractivity contribution is 0.249. The van der Waals surface area contributed by atoms with Gasteiger partial charge in [-0.1, -0.05) is 27.7 Å². The van der Waals surface area contributed by atoms with Crippen molar-refractivity contribution in [2.24, 2.45) is 5.92 Å². The van der Waals surface area contributed by atoms with E-state index in [0.717, 1.165) is 66.5 Å². The van der Waals surface area contributed by atoms with Gasteiger partial charge in [0, 0.05) is 44.5 Å². The first-order chi connectivity index (χ1) is 14.7. The third-order valence-electron chi connectivity index (χ3n) is 5.29.